The van der Waals surface area contributed by atoms with E-state index < -0.39 is 6.29 Å². The van der Waals surface area contributed by atoms with Crippen molar-refractivity contribution in [2.75, 3.05) is 0 Å². The Morgan fingerprint density at radius 3 is 2.55 bits per heavy atom. The minimum absolute atomic E-state index is 0.181. The summed E-state index contributed by atoms with van der Waals surface area (Å²) in [5.41, 5.74) is 0. The molecule has 1 rings (SSSR count). The predicted molar refractivity (Wildman–Crippen MR) is 73.0 cm³/mol. The molecule has 5 nitrogen and oxygen atoms in total. The Morgan fingerprint density at radius 2 is 1.95 bits per heavy atom. The predicted octanol–water partition coefficient (Wildman–Crippen LogP) is 1.65. The third-order valence-corrected chi connectivity index (χ3v) is 3.84. The van der Waals surface area contributed by atoms with E-state index in [-0.39, 0.29) is 17.9 Å². The van der Waals surface area contributed by atoms with Crippen LogP contribution in [0.25, 0.3) is 0 Å². The van der Waals surface area contributed by atoms with Crippen molar-refractivity contribution in [1.82, 2.24) is 0 Å². The summed E-state index contributed by atoms with van der Waals surface area (Å²) in [6.45, 7) is 0. The Morgan fingerprint density at radius 1 is 1.15 bits per heavy atom. The molecule has 0 aliphatic carbocycles. The fourth-order valence-electron chi connectivity index (χ4n) is 2.67. The minimum atomic E-state index is -0.793. The number of unbranched alkanes of at least 4 members (excludes halogenated alkanes) is 2. The smallest absolute Gasteiger partial charge is 0.154 e. The van der Waals surface area contributed by atoms with E-state index >= 15 is 0 Å². The molecule has 0 aromatic carbocycles. The van der Waals surface area contributed by atoms with Gasteiger partial charge in [0.15, 0.2) is 6.29 Å². The Kier molecular flexibility index (Phi) is 8.30. The van der Waals surface area contributed by atoms with Gasteiger partial charge in [0.2, 0.25) is 0 Å². The van der Waals surface area contributed by atoms with Crippen LogP contribution >= 0.6 is 0 Å². The molecule has 0 radical (unpaired) electrons. The van der Waals surface area contributed by atoms with E-state index in [1.165, 1.54) is 0 Å². The van der Waals surface area contributed by atoms with Crippen LogP contribution in [-0.4, -0.2) is 36.4 Å². The van der Waals surface area contributed by atoms with Gasteiger partial charge >= 0.3 is 0 Å². The maximum absolute atomic E-state index is 11.2. The molecule has 0 amide bonds. The SMILES string of the molecule is O=CCCCCC(C=O)CC(C=O)C1CCCC(O)O1. The maximum Gasteiger partial charge on any atom is 0.154 e. The van der Waals surface area contributed by atoms with Crippen molar-refractivity contribution in [3.63, 3.8) is 0 Å². The van der Waals surface area contributed by atoms with Crippen molar-refractivity contribution in [3.05, 3.63) is 0 Å². The number of carbonyl (C=O) groups excluding carboxylic acids is 3. The molecule has 1 aliphatic heterocycles. The van der Waals surface area contributed by atoms with Gasteiger partial charge in [-0.2, -0.15) is 0 Å². The molecule has 0 aromatic heterocycles. The summed E-state index contributed by atoms with van der Waals surface area (Å²) in [4.78, 5) is 32.5. The van der Waals surface area contributed by atoms with Gasteiger partial charge in [0.05, 0.1) is 6.10 Å². The molecule has 20 heavy (non-hydrogen) atoms. The number of hydrogen-bond donors (Lipinski definition) is 1. The quantitative estimate of drug-likeness (QED) is 0.487. The molecule has 114 valence electrons. The molecule has 0 bridgehead atoms. The fraction of sp³-hybridized carbons (Fsp3) is 0.800. The van der Waals surface area contributed by atoms with E-state index in [2.05, 4.69) is 0 Å². The van der Waals surface area contributed by atoms with Crippen molar-refractivity contribution < 1.29 is 24.2 Å². The van der Waals surface area contributed by atoms with Crippen LogP contribution in [0, 0.1) is 11.8 Å². The average molecular weight is 284 g/mol. The van der Waals surface area contributed by atoms with Gasteiger partial charge in [0, 0.05) is 18.3 Å². The summed E-state index contributed by atoms with van der Waals surface area (Å²) in [6.07, 6.45) is 6.96. The second kappa shape index (κ2) is 9.77. The fourth-order valence-corrected chi connectivity index (χ4v) is 2.67. The first-order chi connectivity index (χ1) is 9.71. The Hall–Kier alpha value is -1.07. The summed E-state index contributed by atoms with van der Waals surface area (Å²) in [7, 11) is 0. The van der Waals surface area contributed by atoms with E-state index in [0.717, 1.165) is 44.5 Å². The van der Waals surface area contributed by atoms with Crippen molar-refractivity contribution >= 4 is 18.9 Å². The molecule has 0 aromatic rings. The summed E-state index contributed by atoms with van der Waals surface area (Å²) >= 11 is 0. The summed E-state index contributed by atoms with van der Waals surface area (Å²) in [5.74, 6) is -0.522. The van der Waals surface area contributed by atoms with Gasteiger partial charge in [-0.3, -0.25) is 0 Å². The highest BCUT2D eigenvalue weighted by Gasteiger charge is 2.29. The zero-order valence-corrected chi connectivity index (χ0v) is 11.8. The Bertz CT molecular complexity index is 305. The van der Waals surface area contributed by atoms with Crippen LogP contribution in [0.1, 0.15) is 51.4 Å². The van der Waals surface area contributed by atoms with Crippen molar-refractivity contribution in [3.8, 4) is 0 Å². The molecule has 4 atom stereocenters. The molecule has 0 saturated carbocycles. The molecule has 1 N–H and O–H groups in total. The average Bonchev–Trinajstić information content (AvgIpc) is 2.46. The number of aliphatic hydroxyl groups is 1. The molecule has 5 heteroatoms. The van der Waals surface area contributed by atoms with Crippen molar-refractivity contribution in [2.24, 2.45) is 11.8 Å². The number of hydrogen-bond acceptors (Lipinski definition) is 5. The second-order valence-electron chi connectivity index (χ2n) is 5.44. The van der Waals surface area contributed by atoms with E-state index in [9.17, 15) is 19.5 Å². The molecule has 1 saturated heterocycles. The zero-order valence-electron chi connectivity index (χ0n) is 11.8. The van der Waals surface area contributed by atoms with Gasteiger partial charge in [-0.05, 0) is 38.5 Å². The van der Waals surface area contributed by atoms with Crippen molar-refractivity contribution in [1.29, 1.82) is 0 Å². The van der Waals surface area contributed by atoms with E-state index in [1.807, 2.05) is 0 Å². The molecular weight excluding hydrogens is 260 g/mol. The molecule has 1 aliphatic rings. The van der Waals surface area contributed by atoms with Crippen LogP contribution in [-0.2, 0) is 19.1 Å². The van der Waals surface area contributed by atoms with E-state index in [4.69, 9.17) is 4.74 Å². The topological polar surface area (TPSA) is 80.7 Å². The first-order valence-electron chi connectivity index (χ1n) is 7.39. The van der Waals surface area contributed by atoms with Crippen molar-refractivity contribution in [2.45, 2.75) is 63.8 Å². The lowest BCUT2D eigenvalue weighted by molar-refractivity contribution is -0.178. The maximum atomic E-state index is 11.2. The number of carbonyl (C=O) groups is 3. The van der Waals surface area contributed by atoms with Gasteiger partial charge in [0.1, 0.15) is 18.9 Å². The highest BCUT2D eigenvalue weighted by Crippen LogP contribution is 2.27. The second-order valence-corrected chi connectivity index (χ2v) is 5.44. The molecular formula is C15H24O5. The van der Waals surface area contributed by atoms with Gasteiger partial charge < -0.3 is 24.2 Å². The number of rotatable bonds is 10. The highest BCUT2D eigenvalue weighted by molar-refractivity contribution is 5.58. The highest BCUT2D eigenvalue weighted by atomic mass is 16.6. The van der Waals surface area contributed by atoms with Crippen LogP contribution in [0.3, 0.4) is 0 Å². The van der Waals surface area contributed by atoms with Crippen LogP contribution in [0.4, 0.5) is 0 Å². The van der Waals surface area contributed by atoms with Gasteiger partial charge in [0.25, 0.3) is 0 Å². The zero-order chi connectivity index (χ0) is 14.8. The minimum Gasteiger partial charge on any atom is -0.368 e. The molecule has 1 fully saturated rings. The van der Waals surface area contributed by atoms with Crippen LogP contribution in [0.5, 0.6) is 0 Å². The summed E-state index contributed by atoms with van der Waals surface area (Å²) in [5, 5.41) is 9.48. The van der Waals surface area contributed by atoms with Gasteiger partial charge in [-0.25, -0.2) is 0 Å². The third-order valence-electron chi connectivity index (χ3n) is 3.84. The largest absolute Gasteiger partial charge is 0.368 e. The standard InChI is InChI=1S/C15H24O5/c16-8-3-1-2-5-12(10-17)9-13(11-18)14-6-4-7-15(19)20-14/h8,10-15,19H,1-7,9H2. The Balaban J connectivity index is 2.41. The van der Waals surface area contributed by atoms with Crippen LogP contribution in [0.2, 0.25) is 0 Å². The lowest BCUT2D eigenvalue weighted by Gasteiger charge is -2.31. The molecule has 4 unspecified atom stereocenters. The van der Waals surface area contributed by atoms with Gasteiger partial charge in [-0.15, -0.1) is 0 Å². The van der Waals surface area contributed by atoms with E-state index in [0.29, 0.717) is 25.7 Å². The van der Waals surface area contributed by atoms with Gasteiger partial charge in [-0.1, -0.05) is 6.42 Å². The summed E-state index contributed by atoms with van der Waals surface area (Å²) < 4.78 is 5.39. The first-order valence-corrected chi connectivity index (χ1v) is 7.39. The first kappa shape index (κ1) is 17.0. The lowest BCUT2D eigenvalue weighted by atomic mass is 9.86. The number of aliphatic hydroxyl groups excluding tert-OH is 1. The molecule has 0 spiro atoms. The summed E-state index contributed by atoms with van der Waals surface area (Å²) in [6, 6.07) is 0. The third kappa shape index (κ3) is 5.92. The number of aldehydes is 3. The normalized spacial score (nSPS) is 25.6. The Labute approximate surface area is 119 Å². The molecule has 1 heterocycles. The van der Waals surface area contributed by atoms with Crippen LogP contribution < -0.4 is 0 Å². The number of ether oxygens (including phenoxy) is 1. The van der Waals surface area contributed by atoms with E-state index in [1.54, 1.807) is 0 Å². The van der Waals surface area contributed by atoms with Crippen LogP contribution in [0.15, 0.2) is 0 Å². The lowest BCUT2D eigenvalue weighted by Crippen LogP contribution is -2.35. The monoisotopic (exact) mass is 284 g/mol.